The van der Waals surface area contributed by atoms with Crippen molar-refractivity contribution >= 4 is 35.5 Å². The molecule has 146 valence electrons. The summed E-state index contributed by atoms with van der Waals surface area (Å²) in [5, 5.41) is 4.43. The summed E-state index contributed by atoms with van der Waals surface area (Å²) in [6.07, 6.45) is 5.61. The molecule has 28 heavy (non-hydrogen) atoms. The monoisotopic (exact) mass is 413 g/mol. The van der Waals surface area contributed by atoms with Gasteiger partial charge in [0.15, 0.2) is 6.34 Å². The van der Waals surface area contributed by atoms with Crippen LogP contribution in [0.15, 0.2) is 75.5 Å². The number of nitrogens with zero attached hydrogens (tertiary/aromatic N) is 3. The van der Waals surface area contributed by atoms with E-state index in [1.807, 2.05) is 36.9 Å². The molecule has 0 saturated heterocycles. The van der Waals surface area contributed by atoms with Crippen LogP contribution in [0.4, 0.5) is 0 Å². The number of ether oxygens (including phenoxy) is 1. The Morgan fingerprint density at radius 2 is 1.89 bits per heavy atom. The lowest BCUT2D eigenvalue weighted by molar-refractivity contribution is -0.819. The second-order valence-electron chi connectivity index (χ2n) is 6.86. The molecule has 0 bridgehead atoms. The van der Waals surface area contributed by atoms with Gasteiger partial charge in [-0.05, 0) is 48.2 Å². The second-order valence-corrected chi connectivity index (χ2v) is 8.30. The molecule has 1 atom stereocenters. The summed E-state index contributed by atoms with van der Waals surface area (Å²) in [4.78, 5) is 10.1. The van der Waals surface area contributed by atoms with Gasteiger partial charge in [0.25, 0.3) is 5.17 Å². The Hall–Kier alpha value is -2.22. The van der Waals surface area contributed by atoms with E-state index in [1.165, 1.54) is 4.90 Å². The highest BCUT2D eigenvalue weighted by Gasteiger charge is 2.41. The van der Waals surface area contributed by atoms with Gasteiger partial charge in [-0.3, -0.25) is 4.98 Å². The lowest BCUT2D eigenvalue weighted by Crippen LogP contribution is -2.45. The molecule has 0 radical (unpaired) electrons. The smallest absolute Gasteiger partial charge is 0.260 e. The summed E-state index contributed by atoms with van der Waals surface area (Å²) in [6.45, 7) is 5.42. The molecule has 1 aromatic carbocycles. The quantitative estimate of drug-likeness (QED) is 0.533. The van der Waals surface area contributed by atoms with E-state index in [0.29, 0.717) is 28.9 Å². The SMILES string of the molecule is CNC(=S)OC[N+]1(Cc2ccncc2)C=NC(C(C)C)=C1Sc1ccccc1. The number of thioether (sulfide) groups is 1. The standard InChI is InChI=1S/C21H24N4OS2/c1-16(2)19-20(28-18-7-5-4-6-8-18)25(14-24-19,15-26-21(27)22-3)13-17-9-11-23-12-10-17/h4-12,14,16H,13,15H2,1-3H3/p+1. The van der Waals surface area contributed by atoms with Gasteiger partial charge in [0, 0.05) is 35.8 Å². The number of allylic oxidation sites excluding steroid dienone is 1. The zero-order valence-electron chi connectivity index (χ0n) is 16.3. The van der Waals surface area contributed by atoms with Crippen LogP contribution in [0.2, 0.25) is 0 Å². The van der Waals surface area contributed by atoms with Crippen molar-refractivity contribution < 1.29 is 9.22 Å². The van der Waals surface area contributed by atoms with Crippen molar-refractivity contribution in [3.05, 3.63) is 71.1 Å². The number of benzene rings is 1. The van der Waals surface area contributed by atoms with Crippen LogP contribution in [0, 0.1) is 5.92 Å². The topological polar surface area (TPSA) is 46.5 Å². The van der Waals surface area contributed by atoms with Crippen LogP contribution in [0.1, 0.15) is 19.4 Å². The van der Waals surface area contributed by atoms with Crippen LogP contribution < -0.4 is 5.32 Å². The van der Waals surface area contributed by atoms with Gasteiger partial charge in [-0.15, -0.1) is 0 Å². The van der Waals surface area contributed by atoms with Gasteiger partial charge in [-0.2, -0.15) is 0 Å². The number of aromatic nitrogens is 1. The highest BCUT2D eigenvalue weighted by atomic mass is 32.2. The zero-order valence-corrected chi connectivity index (χ0v) is 18.0. The third-order valence-corrected chi connectivity index (χ3v) is 5.99. The first-order valence-corrected chi connectivity index (χ1v) is 10.4. The first-order valence-electron chi connectivity index (χ1n) is 9.17. The number of pyridine rings is 1. The Labute approximate surface area is 176 Å². The summed E-state index contributed by atoms with van der Waals surface area (Å²) in [6, 6.07) is 14.4. The van der Waals surface area contributed by atoms with Crippen molar-refractivity contribution in [1.29, 1.82) is 0 Å². The van der Waals surface area contributed by atoms with Gasteiger partial charge < -0.3 is 10.1 Å². The molecular weight excluding hydrogens is 388 g/mol. The van der Waals surface area contributed by atoms with Gasteiger partial charge in [0.05, 0.1) is 0 Å². The van der Waals surface area contributed by atoms with Crippen molar-refractivity contribution in [3.63, 3.8) is 0 Å². The van der Waals surface area contributed by atoms with Crippen LogP contribution in [0.25, 0.3) is 0 Å². The van der Waals surface area contributed by atoms with E-state index in [4.69, 9.17) is 21.9 Å². The minimum absolute atomic E-state index is 0.302. The van der Waals surface area contributed by atoms with E-state index < -0.39 is 0 Å². The Bertz CT molecular complexity index is 868. The Kier molecular flexibility index (Phi) is 6.83. The Morgan fingerprint density at radius 3 is 2.54 bits per heavy atom. The Balaban J connectivity index is 2.01. The molecule has 0 amide bonds. The molecule has 1 unspecified atom stereocenters. The maximum atomic E-state index is 5.88. The third-order valence-electron chi connectivity index (χ3n) is 4.39. The van der Waals surface area contributed by atoms with Gasteiger partial charge in [-0.25, -0.2) is 9.48 Å². The summed E-state index contributed by atoms with van der Waals surface area (Å²) < 4.78 is 6.34. The predicted octanol–water partition coefficient (Wildman–Crippen LogP) is 4.54. The molecule has 0 spiro atoms. The van der Waals surface area contributed by atoms with Crippen LogP contribution in [0.3, 0.4) is 0 Å². The molecule has 1 aromatic heterocycles. The number of aliphatic imine (C=N–C) groups is 1. The summed E-state index contributed by atoms with van der Waals surface area (Å²) >= 11 is 6.97. The number of hydrogen-bond acceptors (Lipinski definition) is 5. The molecule has 0 saturated carbocycles. The lowest BCUT2D eigenvalue weighted by atomic mass is 10.1. The molecule has 2 heterocycles. The summed E-state index contributed by atoms with van der Waals surface area (Å²) in [5.74, 6) is 0.302. The van der Waals surface area contributed by atoms with Crippen LogP contribution in [0.5, 0.6) is 0 Å². The fraction of sp³-hybridized carbons (Fsp3) is 0.286. The highest BCUT2D eigenvalue weighted by molar-refractivity contribution is 8.02. The molecule has 0 aliphatic carbocycles. The lowest BCUT2D eigenvalue weighted by Gasteiger charge is -2.32. The zero-order chi connectivity index (χ0) is 20.0. The van der Waals surface area contributed by atoms with Gasteiger partial charge in [-0.1, -0.05) is 32.0 Å². The van der Waals surface area contributed by atoms with Crippen molar-refractivity contribution in [2.45, 2.75) is 25.3 Å². The number of quaternary nitrogens is 1. The summed E-state index contributed by atoms with van der Waals surface area (Å²) in [5.41, 5.74) is 2.25. The molecule has 5 nitrogen and oxygen atoms in total. The van der Waals surface area contributed by atoms with E-state index in [1.54, 1.807) is 18.8 Å². The van der Waals surface area contributed by atoms with Crippen LogP contribution >= 0.6 is 24.0 Å². The van der Waals surface area contributed by atoms with Crippen molar-refractivity contribution in [3.8, 4) is 0 Å². The Morgan fingerprint density at radius 1 is 1.18 bits per heavy atom. The third kappa shape index (κ3) is 4.79. The molecule has 3 rings (SSSR count). The normalized spacial score (nSPS) is 18.6. The predicted molar refractivity (Wildman–Crippen MR) is 118 cm³/mol. The first kappa shape index (κ1) is 20.5. The van der Waals surface area contributed by atoms with Crippen molar-refractivity contribution in [2.24, 2.45) is 10.9 Å². The fourth-order valence-corrected chi connectivity index (χ4v) is 4.27. The van der Waals surface area contributed by atoms with Gasteiger partial charge in [0.2, 0.25) is 11.8 Å². The maximum Gasteiger partial charge on any atom is 0.260 e. The van der Waals surface area contributed by atoms with Gasteiger partial charge in [0.1, 0.15) is 12.2 Å². The molecule has 0 fully saturated rings. The molecule has 2 aromatic rings. The number of hydrogen-bond donors (Lipinski definition) is 1. The largest absolute Gasteiger partial charge is 0.419 e. The van der Waals surface area contributed by atoms with Gasteiger partial charge >= 0.3 is 0 Å². The van der Waals surface area contributed by atoms with Crippen LogP contribution in [-0.2, 0) is 11.3 Å². The second kappa shape index (κ2) is 9.32. The molecule has 1 aliphatic rings. The van der Waals surface area contributed by atoms with Crippen LogP contribution in [-0.4, -0.2) is 34.8 Å². The maximum absolute atomic E-state index is 5.88. The molecular formula is C21H25N4OS2+. The first-order chi connectivity index (χ1) is 13.5. The van der Waals surface area contributed by atoms with E-state index in [2.05, 4.69) is 48.4 Å². The minimum Gasteiger partial charge on any atom is -0.419 e. The van der Waals surface area contributed by atoms with E-state index in [9.17, 15) is 0 Å². The number of thiocarbonyl (C=S) groups is 1. The van der Waals surface area contributed by atoms with Crippen molar-refractivity contribution in [2.75, 3.05) is 13.8 Å². The van der Waals surface area contributed by atoms with E-state index in [0.717, 1.165) is 16.3 Å². The molecule has 1 N–H and O–H groups in total. The average molecular weight is 414 g/mol. The number of rotatable bonds is 7. The highest BCUT2D eigenvalue weighted by Crippen LogP contribution is 2.42. The minimum atomic E-state index is 0.302. The molecule has 1 aliphatic heterocycles. The van der Waals surface area contributed by atoms with E-state index >= 15 is 0 Å². The van der Waals surface area contributed by atoms with E-state index in [-0.39, 0.29) is 0 Å². The summed E-state index contributed by atoms with van der Waals surface area (Å²) in [7, 11) is 1.77. The van der Waals surface area contributed by atoms with Crippen molar-refractivity contribution in [1.82, 2.24) is 10.3 Å². The number of nitrogens with one attached hydrogen (secondary N) is 1. The molecule has 7 heteroatoms. The average Bonchev–Trinajstić information content (AvgIpc) is 3.06. The fourth-order valence-electron chi connectivity index (χ4n) is 2.96.